The van der Waals surface area contributed by atoms with Crippen molar-refractivity contribution in [2.24, 2.45) is 0 Å². The summed E-state index contributed by atoms with van der Waals surface area (Å²) in [5, 5.41) is 0.920. The molecule has 2 aliphatic heterocycles. The molecule has 3 heteroatoms. The van der Waals surface area contributed by atoms with E-state index in [4.69, 9.17) is 11.6 Å². The molecule has 39 heavy (non-hydrogen) atoms. The van der Waals surface area contributed by atoms with Crippen molar-refractivity contribution in [2.75, 3.05) is 19.0 Å². The van der Waals surface area contributed by atoms with Gasteiger partial charge in [-0.15, -0.1) is 0 Å². The average molecular weight is 540 g/mol. The van der Waals surface area contributed by atoms with Gasteiger partial charge in [0.05, 0.1) is 5.41 Å². The van der Waals surface area contributed by atoms with Crippen LogP contribution < -0.4 is 4.90 Å². The second-order valence-corrected chi connectivity index (χ2v) is 12.8. The maximum Gasteiger partial charge on any atom is 0.209 e. The summed E-state index contributed by atoms with van der Waals surface area (Å²) in [6, 6.07) is 13.8. The Labute approximate surface area is 241 Å². The van der Waals surface area contributed by atoms with Crippen molar-refractivity contribution in [3.63, 3.8) is 0 Å². The van der Waals surface area contributed by atoms with E-state index in [2.05, 4.69) is 126 Å². The number of nitrogens with zero attached hydrogens (tertiary/aromatic N) is 2. The fraction of sp³-hybridized carbons (Fsp3) is 0.417. The van der Waals surface area contributed by atoms with Crippen LogP contribution in [0.25, 0.3) is 0 Å². The van der Waals surface area contributed by atoms with Crippen molar-refractivity contribution in [2.45, 2.75) is 84.5 Å². The molecule has 0 fully saturated rings. The molecule has 1 aliphatic carbocycles. The Kier molecular flexibility index (Phi) is 7.31. The van der Waals surface area contributed by atoms with Gasteiger partial charge in [-0.05, 0) is 92.0 Å². The molecule has 0 aromatic heterocycles. The van der Waals surface area contributed by atoms with E-state index in [1.165, 1.54) is 56.2 Å². The highest BCUT2D eigenvalue weighted by Crippen LogP contribution is 2.47. The molecule has 0 spiro atoms. The molecule has 5 rings (SSSR count). The van der Waals surface area contributed by atoms with Crippen LogP contribution in [0, 0.1) is 0 Å². The van der Waals surface area contributed by atoms with Gasteiger partial charge in [0.1, 0.15) is 7.05 Å². The first-order chi connectivity index (χ1) is 18.5. The zero-order valence-electron chi connectivity index (χ0n) is 25.1. The molecule has 2 nitrogen and oxygen atoms in total. The van der Waals surface area contributed by atoms with Gasteiger partial charge in [-0.25, -0.2) is 0 Å². The summed E-state index contributed by atoms with van der Waals surface area (Å²) in [4.78, 5) is 2.35. The minimum Gasteiger partial charge on any atom is -0.347 e. The molecule has 0 radical (unpaired) electrons. The number of hydrogen-bond acceptors (Lipinski definition) is 1. The molecule has 0 amide bonds. The van der Waals surface area contributed by atoms with Gasteiger partial charge in [-0.2, -0.15) is 4.58 Å². The fourth-order valence-corrected chi connectivity index (χ4v) is 7.09. The number of halogens is 1. The Morgan fingerprint density at radius 1 is 0.872 bits per heavy atom. The van der Waals surface area contributed by atoms with Crippen LogP contribution in [0.1, 0.15) is 83.1 Å². The number of benzene rings is 2. The first-order valence-electron chi connectivity index (χ1n) is 14.6. The number of fused-ring (bicyclic) bond motifs is 2. The molecule has 3 aliphatic rings. The smallest absolute Gasteiger partial charge is 0.209 e. The zero-order valence-corrected chi connectivity index (χ0v) is 25.8. The van der Waals surface area contributed by atoms with Gasteiger partial charge in [-0.3, -0.25) is 0 Å². The monoisotopic (exact) mass is 539 g/mol. The number of aryl methyl sites for hydroxylation is 2. The van der Waals surface area contributed by atoms with Crippen LogP contribution in [0.3, 0.4) is 0 Å². The maximum absolute atomic E-state index is 7.09. The van der Waals surface area contributed by atoms with Gasteiger partial charge < -0.3 is 4.90 Å². The van der Waals surface area contributed by atoms with Crippen LogP contribution in [0.4, 0.5) is 11.4 Å². The Balaban J connectivity index is 1.45. The average Bonchev–Trinajstić information content (AvgIpc) is 3.23. The van der Waals surface area contributed by atoms with Gasteiger partial charge in [0.2, 0.25) is 5.69 Å². The van der Waals surface area contributed by atoms with Crippen molar-refractivity contribution < 1.29 is 4.58 Å². The molecule has 0 N–H and O–H groups in total. The van der Waals surface area contributed by atoms with E-state index in [0.29, 0.717) is 0 Å². The molecule has 2 aromatic rings. The number of anilines is 1. The lowest BCUT2D eigenvalue weighted by molar-refractivity contribution is -0.401. The summed E-state index contributed by atoms with van der Waals surface area (Å²) in [6.45, 7) is 13.8. The molecular weight excluding hydrogens is 496 g/mol. The van der Waals surface area contributed by atoms with Crippen molar-refractivity contribution in [3.8, 4) is 0 Å². The Bertz CT molecular complexity index is 1480. The summed E-state index contributed by atoms with van der Waals surface area (Å²) in [5.41, 5.74) is 13.3. The van der Waals surface area contributed by atoms with Crippen LogP contribution in [0.15, 0.2) is 82.6 Å². The van der Waals surface area contributed by atoms with Gasteiger partial charge in [0.25, 0.3) is 0 Å². The van der Waals surface area contributed by atoms with E-state index < -0.39 is 0 Å². The summed E-state index contributed by atoms with van der Waals surface area (Å²) in [6.07, 6.45) is 14.4. The molecule has 0 unspecified atom stereocenters. The minimum atomic E-state index is -0.0398. The quantitative estimate of drug-likeness (QED) is 0.343. The van der Waals surface area contributed by atoms with Crippen molar-refractivity contribution in [1.29, 1.82) is 0 Å². The normalized spacial score (nSPS) is 22.0. The summed E-state index contributed by atoms with van der Waals surface area (Å²) < 4.78 is 2.35. The summed E-state index contributed by atoms with van der Waals surface area (Å²) >= 11 is 7.09. The maximum atomic E-state index is 7.09. The van der Waals surface area contributed by atoms with Crippen molar-refractivity contribution in [1.82, 2.24) is 0 Å². The Morgan fingerprint density at radius 3 is 2.23 bits per heavy atom. The van der Waals surface area contributed by atoms with Gasteiger partial charge >= 0.3 is 0 Å². The highest BCUT2D eigenvalue weighted by Gasteiger charge is 2.43. The van der Waals surface area contributed by atoms with E-state index in [9.17, 15) is 0 Å². The molecule has 0 saturated carbocycles. The van der Waals surface area contributed by atoms with Crippen LogP contribution in [-0.2, 0) is 23.7 Å². The molecule has 0 atom stereocenters. The predicted octanol–water partition coefficient (Wildman–Crippen LogP) is 9.29. The minimum absolute atomic E-state index is 0.0398. The van der Waals surface area contributed by atoms with Crippen LogP contribution in [-0.4, -0.2) is 24.4 Å². The van der Waals surface area contributed by atoms with Crippen molar-refractivity contribution in [3.05, 3.63) is 105 Å². The SMILES string of the molecule is CCc1ccc2c(c1)C(C)(C)C(=CC=C1CCCC(C=CC3=[N+](C)c4ccc(CC)cc4C3(C)C)=C1Cl)N2C. The van der Waals surface area contributed by atoms with Gasteiger partial charge in [0.15, 0.2) is 5.71 Å². The number of hydrogen-bond donors (Lipinski definition) is 0. The highest BCUT2D eigenvalue weighted by molar-refractivity contribution is 6.32. The molecule has 0 saturated heterocycles. The topological polar surface area (TPSA) is 6.25 Å². The Hall–Kier alpha value is -2.84. The van der Waals surface area contributed by atoms with Gasteiger partial charge in [0, 0.05) is 46.6 Å². The lowest BCUT2D eigenvalue weighted by Crippen LogP contribution is -2.26. The molecule has 204 valence electrons. The lowest BCUT2D eigenvalue weighted by Gasteiger charge is -2.24. The van der Waals surface area contributed by atoms with Crippen LogP contribution >= 0.6 is 11.6 Å². The number of rotatable bonds is 5. The zero-order chi connectivity index (χ0) is 28.1. The third-order valence-corrected chi connectivity index (χ3v) is 9.84. The van der Waals surface area contributed by atoms with Gasteiger partial charge in [-0.1, -0.05) is 69.6 Å². The van der Waals surface area contributed by atoms with E-state index in [1.807, 2.05) is 0 Å². The number of allylic oxidation sites excluding steroid dienone is 8. The summed E-state index contributed by atoms with van der Waals surface area (Å²) in [7, 11) is 4.38. The first kappa shape index (κ1) is 27.7. The standard InChI is InChI=1S/C36H44ClN2/c1-9-24-14-18-30-28(22-24)35(3,4)32(38(30)7)20-16-26-12-11-13-27(34(26)37)17-21-33-36(5,6)29-23-25(10-2)15-19-31(29)39(33)8/h14-23H,9-13H2,1-8H3/q+1. The second-order valence-electron chi connectivity index (χ2n) is 12.4. The molecule has 0 bridgehead atoms. The largest absolute Gasteiger partial charge is 0.347 e. The molecule has 2 heterocycles. The third-order valence-electron chi connectivity index (χ3n) is 9.35. The fourth-order valence-electron chi connectivity index (χ4n) is 6.77. The Morgan fingerprint density at radius 2 is 1.54 bits per heavy atom. The van der Waals surface area contributed by atoms with E-state index in [0.717, 1.165) is 37.1 Å². The van der Waals surface area contributed by atoms with E-state index in [1.54, 1.807) is 0 Å². The first-order valence-corrected chi connectivity index (χ1v) is 15.0. The second kappa shape index (κ2) is 10.3. The van der Waals surface area contributed by atoms with Crippen LogP contribution in [0.5, 0.6) is 0 Å². The molecular formula is C36H44ClN2+. The predicted molar refractivity (Wildman–Crippen MR) is 169 cm³/mol. The summed E-state index contributed by atoms with van der Waals surface area (Å²) in [5.74, 6) is 0. The van der Waals surface area contributed by atoms with E-state index in [-0.39, 0.29) is 10.8 Å². The lowest BCUT2D eigenvalue weighted by atomic mass is 9.80. The van der Waals surface area contributed by atoms with Crippen molar-refractivity contribution >= 4 is 28.7 Å². The molecule has 2 aromatic carbocycles. The third kappa shape index (κ3) is 4.65. The highest BCUT2D eigenvalue weighted by atomic mass is 35.5. The number of likely N-dealkylation sites (N-methyl/N-ethyl adjacent to an activating group) is 1. The van der Waals surface area contributed by atoms with Crippen LogP contribution in [0.2, 0.25) is 0 Å². The van der Waals surface area contributed by atoms with E-state index >= 15 is 0 Å².